The summed E-state index contributed by atoms with van der Waals surface area (Å²) in [6, 6.07) is 9.34. The van der Waals surface area contributed by atoms with Crippen LogP contribution < -0.4 is 10.6 Å². The number of nitrogens with zero attached hydrogens (tertiary/aromatic N) is 2. The second kappa shape index (κ2) is 12.4. The molecule has 0 spiro atoms. The zero-order valence-electron chi connectivity index (χ0n) is 24.6. The van der Waals surface area contributed by atoms with Crippen LogP contribution in [0.5, 0.6) is 0 Å². The molecule has 3 heterocycles. The number of fused-ring (bicyclic) bond motifs is 1. The fraction of sp³-hybridized carbons (Fsp3) is 0.531. The molecule has 1 saturated carbocycles. The third-order valence-corrected chi connectivity index (χ3v) is 9.68. The first-order valence-corrected chi connectivity index (χ1v) is 15.9. The van der Waals surface area contributed by atoms with Crippen LogP contribution in [0.4, 0.5) is 0 Å². The highest BCUT2D eigenvalue weighted by Crippen LogP contribution is 2.36. The average Bonchev–Trinajstić information content (AvgIpc) is 3.71. The summed E-state index contributed by atoms with van der Waals surface area (Å²) in [5, 5.41) is 7.86. The van der Waals surface area contributed by atoms with Gasteiger partial charge in [-0.05, 0) is 60.7 Å². The van der Waals surface area contributed by atoms with Crippen molar-refractivity contribution in [3.05, 3.63) is 47.3 Å². The topological polar surface area (TPSA) is 116 Å². The number of amides is 4. The van der Waals surface area contributed by atoms with Crippen LogP contribution in [0.25, 0.3) is 10.4 Å². The molecule has 1 aromatic carbocycles. The Morgan fingerprint density at radius 2 is 1.74 bits per heavy atom. The number of Topliss-reactive ketones (excluding diaryl/α,β-unsaturated/α-hetero) is 1. The number of hydrogen-bond acceptors (Lipinski definition) is 6. The highest BCUT2D eigenvalue weighted by Gasteiger charge is 2.55. The molecule has 2 aliphatic heterocycles. The molecular weight excluding hydrogens is 552 g/mol. The largest absolute Gasteiger partial charge is 0.342 e. The van der Waals surface area contributed by atoms with Gasteiger partial charge in [0.05, 0.1) is 12.6 Å². The van der Waals surface area contributed by atoms with E-state index in [0.29, 0.717) is 37.8 Å². The number of thiophene rings is 1. The average molecular weight is 593 g/mol. The minimum absolute atomic E-state index is 0.0723. The molecule has 3 unspecified atom stereocenters. The van der Waals surface area contributed by atoms with E-state index >= 15 is 0 Å². The van der Waals surface area contributed by atoms with Gasteiger partial charge in [-0.25, -0.2) is 0 Å². The summed E-state index contributed by atoms with van der Waals surface area (Å²) in [6.07, 6.45) is 4.67. The molecule has 3 fully saturated rings. The predicted molar refractivity (Wildman–Crippen MR) is 161 cm³/mol. The van der Waals surface area contributed by atoms with Crippen LogP contribution in [0, 0.1) is 5.92 Å². The molecule has 1 aromatic heterocycles. The molecule has 4 amide bonds. The molecule has 2 N–H and O–H groups in total. The summed E-state index contributed by atoms with van der Waals surface area (Å²) in [7, 11) is 0. The molecule has 224 valence electrons. The van der Waals surface area contributed by atoms with Crippen molar-refractivity contribution < 1.29 is 24.0 Å². The zero-order valence-corrected chi connectivity index (χ0v) is 25.4. The Labute approximate surface area is 251 Å². The van der Waals surface area contributed by atoms with Gasteiger partial charge in [-0.2, -0.15) is 0 Å². The SMILES string of the molecule is CC(=O)NC1(C(=O)N2CC(=O)C3C2CCN3C(=O)C(CC(C)C)NC(=O)c2ccc(-c3cccs3)cc2)CCCCC1. The van der Waals surface area contributed by atoms with Crippen molar-refractivity contribution in [2.24, 2.45) is 5.92 Å². The van der Waals surface area contributed by atoms with Crippen molar-refractivity contribution >= 4 is 40.7 Å². The van der Waals surface area contributed by atoms with E-state index in [4.69, 9.17) is 0 Å². The van der Waals surface area contributed by atoms with Crippen molar-refractivity contribution in [1.29, 1.82) is 0 Å². The van der Waals surface area contributed by atoms with Crippen LogP contribution in [0.3, 0.4) is 0 Å². The molecule has 0 bridgehead atoms. The summed E-state index contributed by atoms with van der Waals surface area (Å²) >= 11 is 1.62. The second-order valence-corrected chi connectivity index (χ2v) is 13.2. The van der Waals surface area contributed by atoms with Crippen LogP contribution in [-0.2, 0) is 19.2 Å². The second-order valence-electron chi connectivity index (χ2n) is 12.3. The first kappa shape index (κ1) is 29.9. The van der Waals surface area contributed by atoms with Crippen molar-refractivity contribution in [2.45, 2.75) is 89.4 Å². The predicted octanol–water partition coefficient (Wildman–Crippen LogP) is 3.78. The first-order chi connectivity index (χ1) is 20.1. The minimum Gasteiger partial charge on any atom is -0.342 e. The van der Waals surface area contributed by atoms with Crippen LogP contribution >= 0.6 is 11.3 Å². The number of hydrogen-bond donors (Lipinski definition) is 2. The highest BCUT2D eigenvalue weighted by molar-refractivity contribution is 7.13. The van der Waals surface area contributed by atoms with Gasteiger partial charge in [0, 0.05) is 23.9 Å². The van der Waals surface area contributed by atoms with Crippen LogP contribution in [0.15, 0.2) is 41.8 Å². The summed E-state index contributed by atoms with van der Waals surface area (Å²) in [5.74, 6) is -1.16. The number of carbonyl (C=O) groups is 5. The van der Waals surface area contributed by atoms with Crippen LogP contribution in [0.2, 0.25) is 0 Å². The first-order valence-electron chi connectivity index (χ1n) is 15.0. The lowest BCUT2D eigenvalue weighted by molar-refractivity contribution is -0.144. The third-order valence-electron chi connectivity index (χ3n) is 8.76. The lowest BCUT2D eigenvalue weighted by Crippen LogP contribution is -2.61. The molecule has 5 rings (SSSR count). The summed E-state index contributed by atoms with van der Waals surface area (Å²) in [4.78, 5) is 70.8. The molecular formula is C32H40N4O5S. The van der Waals surface area contributed by atoms with Crippen molar-refractivity contribution in [2.75, 3.05) is 13.1 Å². The number of carbonyl (C=O) groups excluding carboxylic acids is 5. The van der Waals surface area contributed by atoms with Crippen LogP contribution in [-0.4, -0.2) is 76.0 Å². The normalized spacial score (nSPS) is 22.1. The molecule has 10 heteroatoms. The Bertz CT molecular complexity index is 1330. The van der Waals surface area contributed by atoms with Gasteiger partial charge < -0.3 is 20.4 Å². The molecule has 0 radical (unpaired) electrons. The number of likely N-dealkylation sites (tertiary alicyclic amines) is 2. The van der Waals surface area contributed by atoms with Gasteiger partial charge in [0.1, 0.15) is 17.6 Å². The van der Waals surface area contributed by atoms with E-state index < -0.39 is 23.7 Å². The van der Waals surface area contributed by atoms with Crippen molar-refractivity contribution in [1.82, 2.24) is 20.4 Å². The van der Waals surface area contributed by atoms with E-state index in [1.807, 2.05) is 43.5 Å². The van der Waals surface area contributed by atoms with E-state index in [0.717, 1.165) is 29.7 Å². The van der Waals surface area contributed by atoms with E-state index in [2.05, 4.69) is 10.6 Å². The molecule has 3 aliphatic rings. The van der Waals surface area contributed by atoms with Crippen LogP contribution in [0.1, 0.15) is 76.1 Å². The maximum absolute atomic E-state index is 13.9. The highest BCUT2D eigenvalue weighted by atomic mass is 32.1. The Morgan fingerprint density at radius 3 is 2.36 bits per heavy atom. The lowest BCUT2D eigenvalue weighted by atomic mass is 9.80. The van der Waals surface area contributed by atoms with Gasteiger partial charge in [-0.3, -0.25) is 24.0 Å². The zero-order chi connectivity index (χ0) is 30.0. The van der Waals surface area contributed by atoms with Gasteiger partial charge in [-0.1, -0.05) is 51.3 Å². The van der Waals surface area contributed by atoms with Gasteiger partial charge >= 0.3 is 0 Å². The van der Waals surface area contributed by atoms with Gasteiger partial charge in [0.25, 0.3) is 5.91 Å². The Kier molecular flexibility index (Phi) is 8.82. The quantitative estimate of drug-likeness (QED) is 0.484. The molecule has 42 heavy (non-hydrogen) atoms. The Hall–Kier alpha value is -3.53. The Morgan fingerprint density at radius 1 is 1.02 bits per heavy atom. The fourth-order valence-electron chi connectivity index (χ4n) is 6.86. The van der Waals surface area contributed by atoms with E-state index in [-0.39, 0.29) is 41.9 Å². The third kappa shape index (κ3) is 6.00. The molecule has 9 nitrogen and oxygen atoms in total. The number of benzene rings is 1. The number of nitrogens with one attached hydrogen (secondary N) is 2. The molecule has 2 aromatic rings. The molecule has 3 atom stereocenters. The number of ketones is 1. The summed E-state index contributed by atoms with van der Waals surface area (Å²) < 4.78 is 0. The van der Waals surface area contributed by atoms with E-state index in [1.165, 1.54) is 6.92 Å². The maximum atomic E-state index is 13.9. The fourth-order valence-corrected chi connectivity index (χ4v) is 7.59. The van der Waals surface area contributed by atoms with Gasteiger partial charge in [0.2, 0.25) is 17.7 Å². The van der Waals surface area contributed by atoms with Gasteiger partial charge in [-0.15, -0.1) is 11.3 Å². The number of rotatable bonds is 8. The molecule has 2 saturated heterocycles. The van der Waals surface area contributed by atoms with E-state index in [9.17, 15) is 24.0 Å². The monoisotopic (exact) mass is 592 g/mol. The lowest BCUT2D eigenvalue weighted by Gasteiger charge is -2.40. The maximum Gasteiger partial charge on any atom is 0.251 e. The molecule has 1 aliphatic carbocycles. The minimum atomic E-state index is -0.996. The van der Waals surface area contributed by atoms with Gasteiger partial charge in [0.15, 0.2) is 5.78 Å². The van der Waals surface area contributed by atoms with E-state index in [1.54, 1.807) is 33.3 Å². The van der Waals surface area contributed by atoms with Crippen molar-refractivity contribution in [3.63, 3.8) is 0 Å². The standard InChI is InChI=1S/C32H40N4O5S/c1-20(2)18-24(33-29(39)23-11-9-22(10-12-23)27-8-7-17-42-27)30(40)35-16-13-25-28(35)26(38)19-36(25)31(41)32(34-21(3)37)14-5-4-6-15-32/h7-12,17,20,24-25,28H,4-6,13-16,18-19H2,1-3H3,(H,33,39)(H,34,37). The Balaban J connectivity index is 1.31. The summed E-state index contributed by atoms with van der Waals surface area (Å²) in [5.41, 5.74) is 0.483. The smallest absolute Gasteiger partial charge is 0.251 e. The summed E-state index contributed by atoms with van der Waals surface area (Å²) in [6.45, 7) is 5.65. The van der Waals surface area contributed by atoms with Crippen molar-refractivity contribution in [3.8, 4) is 10.4 Å².